The third-order valence-corrected chi connectivity index (χ3v) is 4.74. The van der Waals surface area contributed by atoms with E-state index in [1.165, 1.54) is 5.56 Å². The van der Waals surface area contributed by atoms with Crippen molar-refractivity contribution >= 4 is 29.9 Å². The molecular formula is C22H39IN4O2. The fourth-order valence-electron chi connectivity index (χ4n) is 3.25. The Morgan fingerprint density at radius 1 is 1.28 bits per heavy atom. The summed E-state index contributed by atoms with van der Waals surface area (Å²) in [5, 5.41) is 10.5. The molecule has 3 atom stereocenters. The third-order valence-electron chi connectivity index (χ3n) is 4.74. The first-order valence-electron chi connectivity index (χ1n) is 10.5. The third kappa shape index (κ3) is 10.1. The predicted octanol–water partition coefficient (Wildman–Crippen LogP) is 3.48. The van der Waals surface area contributed by atoms with Crippen molar-refractivity contribution in [1.29, 1.82) is 0 Å². The van der Waals surface area contributed by atoms with Crippen LogP contribution in [-0.2, 0) is 9.47 Å². The highest BCUT2D eigenvalue weighted by Crippen LogP contribution is 2.16. The summed E-state index contributed by atoms with van der Waals surface area (Å²) >= 11 is 0. The van der Waals surface area contributed by atoms with Gasteiger partial charge in [0.25, 0.3) is 0 Å². The van der Waals surface area contributed by atoms with Crippen molar-refractivity contribution in [1.82, 2.24) is 16.0 Å². The number of guanidine groups is 1. The SMILES string of the molecule is CCNC(=NCC(C)(C)NC(C)c1ccccc1)NC(C)COC1CCOC1.I. The van der Waals surface area contributed by atoms with Gasteiger partial charge in [-0.25, -0.2) is 0 Å². The molecular weight excluding hydrogens is 479 g/mol. The molecule has 1 heterocycles. The zero-order valence-corrected chi connectivity index (χ0v) is 20.9. The number of ether oxygens (including phenoxy) is 2. The Balaban J connectivity index is 0.00000420. The molecule has 0 aromatic heterocycles. The minimum atomic E-state index is -0.126. The lowest BCUT2D eigenvalue weighted by Crippen LogP contribution is -2.47. The Hall–Kier alpha value is -0.900. The minimum Gasteiger partial charge on any atom is -0.379 e. The van der Waals surface area contributed by atoms with Gasteiger partial charge < -0.3 is 25.4 Å². The standard InChI is InChI=1S/C22H38N4O2.HI/c1-6-23-21(25-17(2)14-28-20-12-13-27-15-20)24-16-22(4,5)26-18(3)19-10-8-7-9-11-19;/h7-11,17-18,20,26H,6,12-16H2,1-5H3,(H2,23,24,25);1H. The monoisotopic (exact) mass is 518 g/mol. The lowest BCUT2D eigenvalue weighted by atomic mass is 10.0. The molecule has 3 unspecified atom stereocenters. The fraction of sp³-hybridized carbons (Fsp3) is 0.682. The van der Waals surface area contributed by atoms with Gasteiger partial charge in [-0.15, -0.1) is 24.0 Å². The highest BCUT2D eigenvalue weighted by atomic mass is 127. The van der Waals surface area contributed by atoms with Gasteiger partial charge in [-0.1, -0.05) is 30.3 Å². The van der Waals surface area contributed by atoms with Crippen LogP contribution in [-0.4, -0.2) is 56.6 Å². The average molecular weight is 518 g/mol. The molecule has 0 spiro atoms. The van der Waals surface area contributed by atoms with E-state index in [-0.39, 0.29) is 47.7 Å². The molecule has 7 heteroatoms. The molecule has 2 rings (SSSR count). The number of benzene rings is 1. The van der Waals surface area contributed by atoms with Crippen molar-refractivity contribution in [3.05, 3.63) is 35.9 Å². The van der Waals surface area contributed by atoms with E-state index in [0.29, 0.717) is 19.8 Å². The van der Waals surface area contributed by atoms with Crippen molar-refractivity contribution in [2.75, 3.05) is 32.9 Å². The van der Waals surface area contributed by atoms with Crippen LogP contribution in [0.2, 0.25) is 0 Å². The molecule has 1 saturated heterocycles. The Morgan fingerprint density at radius 3 is 2.62 bits per heavy atom. The first-order chi connectivity index (χ1) is 13.4. The normalized spacial score (nSPS) is 19.3. The van der Waals surface area contributed by atoms with Gasteiger partial charge in [0.2, 0.25) is 0 Å². The zero-order chi connectivity index (χ0) is 20.4. The first-order valence-corrected chi connectivity index (χ1v) is 10.5. The van der Waals surface area contributed by atoms with E-state index in [9.17, 15) is 0 Å². The molecule has 1 fully saturated rings. The van der Waals surface area contributed by atoms with Crippen molar-refractivity contribution in [2.24, 2.45) is 4.99 Å². The molecule has 1 aliphatic rings. The van der Waals surface area contributed by atoms with Gasteiger partial charge in [-0.3, -0.25) is 4.99 Å². The second-order valence-electron chi connectivity index (χ2n) is 8.22. The topological polar surface area (TPSA) is 66.9 Å². The smallest absolute Gasteiger partial charge is 0.191 e. The summed E-state index contributed by atoms with van der Waals surface area (Å²) in [4.78, 5) is 4.80. The van der Waals surface area contributed by atoms with Crippen LogP contribution in [0, 0.1) is 0 Å². The Labute approximate surface area is 193 Å². The van der Waals surface area contributed by atoms with E-state index in [2.05, 4.69) is 74.8 Å². The highest BCUT2D eigenvalue weighted by molar-refractivity contribution is 14.0. The number of hydrogen-bond donors (Lipinski definition) is 3. The van der Waals surface area contributed by atoms with Gasteiger partial charge in [-0.2, -0.15) is 0 Å². The van der Waals surface area contributed by atoms with Crippen LogP contribution in [0.15, 0.2) is 35.3 Å². The predicted molar refractivity (Wildman–Crippen MR) is 131 cm³/mol. The largest absolute Gasteiger partial charge is 0.379 e. The highest BCUT2D eigenvalue weighted by Gasteiger charge is 2.21. The number of aliphatic imine (C=N–C) groups is 1. The summed E-state index contributed by atoms with van der Waals surface area (Å²) in [6.45, 7) is 14.4. The van der Waals surface area contributed by atoms with Crippen molar-refractivity contribution < 1.29 is 9.47 Å². The van der Waals surface area contributed by atoms with Crippen LogP contribution < -0.4 is 16.0 Å². The molecule has 1 aliphatic heterocycles. The molecule has 166 valence electrons. The molecule has 3 N–H and O–H groups in total. The number of halogens is 1. The van der Waals surface area contributed by atoms with Crippen LogP contribution in [0.25, 0.3) is 0 Å². The minimum absolute atomic E-state index is 0. The van der Waals surface area contributed by atoms with Crippen LogP contribution >= 0.6 is 24.0 Å². The molecule has 0 amide bonds. The number of nitrogens with zero attached hydrogens (tertiary/aromatic N) is 1. The van der Waals surface area contributed by atoms with Crippen molar-refractivity contribution in [3.63, 3.8) is 0 Å². The molecule has 1 aromatic carbocycles. The second kappa shape index (κ2) is 13.4. The van der Waals surface area contributed by atoms with Gasteiger partial charge in [0.1, 0.15) is 0 Å². The van der Waals surface area contributed by atoms with Crippen molar-refractivity contribution in [2.45, 2.75) is 64.8 Å². The van der Waals surface area contributed by atoms with E-state index in [1.54, 1.807) is 0 Å². The Kier molecular flexibility index (Phi) is 12.1. The number of nitrogens with one attached hydrogen (secondary N) is 3. The van der Waals surface area contributed by atoms with E-state index in [4.69, 9.17) is 14.5 Å². The number of hydrogen-bond acceptors (Lipinski definition) is 4. The molecule has 29 heavy (non-hydrogen) atoms. The summed E-state index contributed by atoms with van der Waals surface area (Å²) in [5.41, 5.74) is 1.16. The Morgan fingerprint density at radius 2 is 2.00 bits per heavy atom. The molecule has 6 nitrogen and oxygen atoms in total. The van der Waals surface area contributed by atoms with Crippen LogP contribution in [0.5, 0.6) is 0 Å². The van der Waals surface area contributed by atoms with E-state index >= 15 is 0 Å². The van der Waals surface area contributed by atoms with E-state index < -0.39 is 0 Å². The van der Waals surface area contributed by atoms with Gasteiger partial charge in [-0.05, 0) is 46.6 Å². The van der Waals surface area contributed by atoms with Gasteiger partial charge in [0.15, 0.2) is 5.96 Å². The van der Waals surface area contributed by atoms with Gasteiger partial charge >= 0.3 is 0 Å². The van der Waals surface area contributed by atoms with Gasteiger partial charge in [0.05, 0.1) is 25.9 Å². The Bertz CT molecular complexity index is 592. The van der Waals surface area contributed by atoms with Crippen LogP contribution in [0.4, 0.5) is 0 Å². The molecule has 0 bridgehead atoms. The summed E-state index contributed by atoms with van der Waals surface area (Å²) < 4.78 is 11.3. The van der Waals surface area contributed by atoms with E-state index in [0.717, 1.165) is 25.5 Å². The van der Waals surface area contributed by atoms with Crippen molar-refractivity contribution in [3.8, 4) is 0 Å². The summed E-state index contributed by atoms with van der Waals surface area (Å²) in [5.74, 6) is 0.823. The lowest BCUT2D eigenvalue weighted by molar-refractivity contribution is 0.0347. The van der Waals surface area contributed by atoms with Crippen LogP contribution in [0.1, 0.15) is 52.6 Å². The maximum Gasteiger partial charge on any atom is 0.191 e. The summed E-state index contributed by atoms with van der Waals surface area (Å²) in [6, 6.07) is 10.9. The number of rotatable bonds is 10. The zero-order valence-electron chi connectivity index (χ0n) is 18.5. The summed E-state index contributed by atoms with van der Waals surface area (Å²) in [7, 11) is 0. The maximum atomic E-state index is 5.91. The lowest BCUT2D eigenvalue weighted by Gasteiger charge is -2.29. The maximum absolute atomic E-state index is 5.91. The van der Waals surface area contributed by atoms with E-state index in [1.807, 2.05) is 6.07 Å². The average Bonchev–Trinajstić information content (AvgIpc) is 3.19. The first kappa shape index (κ1) is 26.1. The summed E-state index contributed by atoms with van der Waals surface area (Å²) in [6.07, 6.45) is 1.21. The molecule has 1 aromatic rings. The van der Waals surface area contributed by atoms with Gasteiger partial charge in [0, 0.05) is 30.8 Å². The van der Waals surface area contributed by atoms with Crippen LogP contribution in [0.3, 0.4) is 0 Å². The molecule has 0 aliphatic carbocycles. The quantitative estimate of drug-likeness (QED) is 0.252. The second-order valence-corrected chi connectivity index (χ2v) is 8.22. The molecule has 0 saturated carbocycles. The fourth-order valence-corrected chi connectivity index (χ4v) is 3.25. The molecule has 0 radical (unpaired) electrons.